The molecule has 0 fully saturated rings. The number of methoxy groups -OCH3 is 2. The standard InChI is InChI=1S/C16H16ClFO3/c1-20-14-7-6-11(17)9-12(14)13(19)8-10-4-3-5-15(21-2)16(10)18/h3-7,9,13,19H,8H2,1-2H3. The van der Waals surface area contributed by atoms with Crippen molar-refractivity contribution in [3.8, 4) is 11.5 Å². The van der Waals surface area contributed by atoms with E-state index in [-0.39, 0.29) is 12.2 Å². The SMILES string of the molecule is COc1ccc(Cl)cc1C(O)Cc1cccc(OC)c1F. The summed E-state index contributed by atoms with van der Waals surface area (Å²) in [5, 5.41) is 10.8. The first kappa shape index (κ1) is 15.6. The van der Waals surface area contributed by atoms with Crippen LogP contribution in [-0.4, -0.2) is 19.3 Å². The molecular weight excluding hydrogens is 295 g/mol. The van der Waals surface area contributed by atoms with Crippen molar-refractivity contribution < 1.29 is 19.0 Å². The minimum absolute atomic E-state index is 0.0970. The molecule has 0 aromatic heterocycles. The molecule has 2 aromatic rings. The van der Waals surface area contributed by atoms with Gasteiger partial charge in [0.1, 0.15) is 5.75 Å². The summed E-state index contributed by atoms with van der Waals surface area (Å²) < 4.78 is 24.2. The van der Waals surface area contributed by atoms with Gasteiger partial charge in [0, 0.05) is 17.0 Å². The van der Waals surface area contributed by atoms with Gasteiger partial charge in [0.15, 0.2) is 11.6 Å². The van der Waals surface area contributed by atoms with Crippen LogP contribution in [0.5, 0.6) is 11.5 Å². The van der Waals surface area contributed by atoms with Crippen molar-refractivity contribution >= 4 is 11.6 Å². The van der Waals surface area contributed by atoms with Crippen LogP contribution in [0.3, 0.4) is 0 Å². The molecule has 0 aliphatic carbocycles. The highest BCUT2D eigenvalue weighted by atomic mass is 35.5. The highest BCUT2D eigenvalue weighted by molar-refractivity contribution is 6.30. The molecule has 2 aromatic carbocycles. The summed E-state index contributed by atoms with van der Waals surface area (Å²) in [6.45, 7) is 0. The number of rotatable bonds is 5. The molecule has 112 valence electrons. The lowest BCUT2D eigenvalue weighted by molar-refractivity contribution is 0.172. The van der Waals surface area contributed by atoms with Crippen molar-refractivity contribution in [3.63, 3.8) is 0 Å². The maximum atomic E-state index is 14.1. The van der Waals surface area contributed by atoms with Gasteiger partial charge in [-0.05, 0) is 29.8 Å². The van der Waals surface area contributed by atoms with Gasteiger partial charge in [0.2, 0.25) is 0 Å². The maximum absolute atomic E-state index is 14.1. The van der Waals surface area contributed by atoms with Crippen molar-refractivity contribution in [1.82, 2.24) is 0 Å². The highest BCUT2D eigenvalue weighted by Crippen LogP contribution is 2.31. The van der Waals surface area contributed by atoms with Gasteiger partial charge in [-0.3, -0.25) is 0 Å². The number of ether oxygens (including phenoxy) is 2. The molecule has 0 spiro atoms. The van der Waals surface area contributed by atoms with Crippen LogP contribution in [0.2, 0.25) is 5.02 Å². The van der Waals surface area contributed by atoms with Crippen molar-refractivity contribution in [2.75, 3.05) is 14.2 Å². The number of benzene rings is 2. The molecule has 21 heavy (non-hydrogen) atoms. The fourth-order valence-corrected chi connectivity index (χ4v) is 2.34. The van der Waals surface area contributed by atoms with E-state index in [9.17, 15) is 9.50 Å². The summed E-state index contributed by atoms with van der Waals surface area (Å²) in [5.74, 6) is 0.188. The van der Waals surface area contributed by atoms with E-state index in [1.54, 1.807) is 30.3 Å². The Balaban J connectivity index is 2.30. The van der Waals surface area contributed by atoms with Gasteiger partial charge in [0.25, 0.3) is 0 Å². The van der Waals surface area contributed by atoms with Crippen molar-refractivity contribution in [2.24, 2.45) is 0 Å². The van der Waals surface area contributed by atoms with E-state index in [4.69, 9.17) is 21.1 Å². The minimum Gasteiger partial charge on any atom is -0.496 e. The second kappa shape index (κ2) is 6.78. The molecule has 3 nitrogen and oxygen atoms in total. The third kappa shape index (κ3) is 3.46. The zero-order valence-electron chi connectivity index (χ0n) is 11.8. The monoisotopic (exact) mass is 310 g/mol. The normalized spacial score (nSPS) is 12.0. The largest absolute Gasteiger partial charge is 0.496 e. The summed E-state index contributed by atoms with van der Waals surface area (Å²) >= 11 is 5.94. The number of hydrogen-bond donors (Lipinski definition) is 1. The third-order valence-electron chi connectivity index (χ3n) is 3.23. The molecule has 0 saturated heterocycles. The van der Waals surface area contributed by atoms with E-state index >= 15 is 0 Å². The van der Waals surface area contributed by atoms with Crippen LogP contribution in [0, 0.1) is 5.82 Å². The molecular formula is C16H16ClFO3. The first-order valence-corrected chi connectivity index (χ1v) is 6.77. The Morgan fingerprint density at radius 2 is 1.86 bits per heavy atom. The van der Waals surface area contributed by atoms with Crippen LogP contribution in [0.4, 0.5) is 4.39 Å². The van der Waals surface area contributed by atoms with E-state index in [1.165, 1.54) is 20.3 Å². The second-order valence-electron chi connectivity index (χ2n) is 4.54. The van der Waals surface area contributed by atoms with E-state index in [2.05, 4.69) is 0 Å². The molecule has 0 aliphatic heterocycles. The lowest BCUT2D eigenvalue weighted by Crippen LogP contribution is -2.06. The summed E-state index contributed by atoms with van der Waals surface area (Å²) in [6.07, 6.45) is -0.833. The number of aliphatic hydroxyl groups is 1. The molecule has 5 heteroatoms. The zero-order chi connectivity index (χ0) is 15.4. The van der Waals surface area contributed by atoms with Gasteiger partial charge in [-0.1, -0.05) is 23.7 Å². The Labute approximate surface area is 127 Å². The summed E-state index contributed by atoms with van der Waals surface area (Å²) in [7, 11) is 2.91. The van der Waals surface area contributed by atoms with Crippen molar-refractivity contribution in [2.45, 2.75) is 12.5 Å². The smallest absolute Gasteiger partial charge is 0.168 e. The average molecular weight is 311 g/mol. The van der Waals surface area contributed by atoms with Crippen molar-refractivity contribution in [1.29, 1.82) is 0 Å². The summed E-state index contributed by atoms with van der Waals surface area (Å²) in [4.78, 5) is 0. The Hall–Kier alpha value is -1.78. The van der Waals surface area contributed by atoms with E-state index in [1.807, 2.05) is 0 Å². The number of aliphatic hydroxyl groups excluding tert-OH is 1. The van der Waals surface area contributed by atoms with Gasteiger partial charge in [-0.2, -0.15) is 0 Å². The quantitative estimate of drug-likeness (QED) is 0.913. The Kier molecular flexibility index (Phi) is 5.04. The van der Waals surface area contributed by atoms with Gasteiger partial charge >= 0.3 is 0 Å². The van der Waals surface area contributed by atoms with Crippen LogP contribution >= 0.6 is 11.6 Å². The average Bonchev–Trinajstić information content (AvgIpc) is 2.49. The molecule has 0 radical (unpaired) electrons. The molecule has 0 amide bonds. The Morgan fingerprint density at radius 3 is 2.52 bits per heavy atom. The second-order valence-corrected chi connectivity index (χ2v) is 4.98. The Bertz CT molecular complexity index is 631. The van der Waals surface area contributed by atoms with Crippen LogP contribution in [0.1, 0.15) is 17.2 Å². The van der Waals surface area contributed by atoms with Crippen LogP contribution < -0.4 is 9.47 Å². The van der Waals surface area contributed by atoms with Gasteiger partial charge in [0.05, 0.1) is 20.3 Å². The van der Waals surface area contributed by atoms with Crippen molar-refractivity contribution in [3.05, 3.63) is 58.4 Å². The molecule has 2 rings (SSSR count). The topological polar surface area (TPSA) is 38.7 Å². The molecule has 0 saturated carbocycles. The highest BCUT2D eigenvalue weighted by Gasteiger charge is 2.18. The van der Waals surface area contributed by atoms with Crippen LogP contribution in [0.15, 0.2) is 36.4 Å². The number of hydrogen-bond acceptors (Lipinski definition) is 3. The molecule has 0 bridgehead atoms. The van der Waals surface area contributed by atoms with Crippen LogP contribution in [-0.2, 0) is 6.42 Å². The number of halogens is 2. The van der Waals surface area contributed by atoms with E-state index < -0.39 is 11.9 Å². The molecule has 0 aliphatic rings. The minimum atomic E-state index is -0.930. The van der Waals surface area contributed by atoms with Crippen LogP contribution in [0.25, 0.3) is 0 Å². The third-order valence-corrected chi connectivity index (χ3v) is 3.46. The predicted molar refractivity (Wildman–Crippen MR) is 79.6 cm³/mol. The lowest BCUT2D eigenvalue weighted by Gasteiger charge is -2.16. The molecule has 1 unspecified atom stereocenters. The lowest BCUT2D eigenvalue weighted by atomic mass is 10.00. The zero-order valence-corrected chi connectivity index (χ0v) is 12.5. The summed E-state index contributed by atoms with van der Waals surface area (Å²) in [5.41, 5.74) is 0.885. The van der Waals surface area contributed by atoms with Gasteiger partial charge in [-0.25, -0.2) is 4.39 Å². The van der Waals surface area contributed by atoms with E-state index in [0.717, 1.165) is 0 Å². The van der Waals surface area contributed by atoms with Gasteiger partial charge < -0.3 is 14.6 Å². The first-order valence-electron chi connectivity index (χ1n) is 6.39. The Morgan fingerprint density at radius 1 is 1.14 bits per heavy atom. The molecule has 1 N–H and O–H groups in total. The maximum Gasteiger partial charge on any atom is 0.168 e. The molecule has 0 heterocycles. The predicted octanol–water partition coefficient (Wildman–Crippen LogP) is 3.77. The molecule has 1 atom stereocenters. The first-order chi connectivity index (χ1) is 10.1. The fourth-order valence-electron chi connectivity index (χ4n) is 2.16. The fraction of sp³-hybridized carbons (Fsp3) is 0.250. The van der Waals surface area contributed by atoms with Gasteiger partial charge in [-0.15, -0.1) is 0 Å². The van der Waals surface area contributed by atoms with E-state index in [0.29, 0.717) is 21.9 Å². The summed E-state index contributed by atoms with van der Waals surface area (Å²) in [6, 6.07) is 9.77.